The Morgan fingerprint density at radius 2 is 2.07 bits per heavy atom. The van der Waals surface area contributed by atoms with E-state index in [0.29, 0.717) is 12.5 Å². The highest BCUT2D eigenvalue weighted by molar-refractivity contribution is 5.79. The molecule has 0 spiro atoms. The molecule has 0 saturated heterocycles. The van der Waals surface area contributed by atoms with Crippen molar-refractivity contribution in [2.45, 2.75) is 6.54 Å². The number of benzene rings is 1. The summed E-state index contributed by atoms with van der Waals surface area (Å²) in [4.78, 5) is 4.23. The fourth-order valence-corrected chi connectivity index (χ4v) is 1.23. The molecule has 0 atom stereocenters. The molecule has 0 radical (unpaired) electrons. The van der Waals surface area contributed by atoms with Crippen LogP contribution >= 0.6 is 0 Å². The van der Waals surface area contributed by atoms with Gasteiger partial charge in [-0.3, -0.25) is 0 Å². The van der Waals surface area contributed by atoms with Crippen molar-refractivity contribution in [2.24, 2.45) is 10.7 Å². The van der Waals surface area contributed by atoms with Gasteiger partial charge in [0.05, 0.1) is 6.54 Å². The second-order valence-electron chi connectivity index (χ2n) is 3.11. The van der Waals surface area contributed by atoms with Crippen molar-refractivity contribution in [1.29, 1.82) is 0 Å². The van der Waals surface area contributed by atoms with Gasteiger partial charge in [0.25, 0.3) is 0 Å². The lowest BCUT2D eigenvalue weighted by atomic mass is 10.2. The maximum absolute atomic E-state index is 5.74. The third kappa shape index (κ3) is 2.43. The first-order valence-corrected chi connectivity index (χ1v) is 4.70. The number of aromatic nitrogens is 2. The summed E-state index contributed by atoms with van der Waals surface area (Å²) in [5, 5.41) is 3.99. The molecule has 0 unspecified atom stereocenters. The Kier molecular flexibility index (Phi) is 2.78. The lowest BCUT2D eigenvalue weighted by Gasteiger charge is -2.00. The molecule has 0 bridgehead atoms. The van der Waals surface area contributed by atoms with Crippen molar-refractivity contribution in [3.8, 4) is 0 Å². The molecule has 2 N–H and O–H groups in total. The Morgan fingerprint density at radius 3 is 2.73 bits per heavy atom. The van der Waals surface area contributed by atoms with Crippen LogP contribution in [0.3, 0.4) is 0 Å². The maximum Gasteiger partial charge on any atom is 0.216 e. The van der Waals surface area contributed by atoms with Crippen molar-refractivity contribution in [1.82, 2.24) is 9.78 Å². The number of nitrogens with zero attached hydrogens (tertiary/aromatic N) is 3. The van der Waals surface area contributed by atoms with Crippen LogP contribution < -0.4 is 5.73 Å². The molecule has 0 aliphatic heterocycles. The molecule has 1 aromatic heterocycles. The highest BCUT2D eigenvalue weighted by Gasteiger charge is 1.95. The van der Waals surface area contributed by atoms with E-state index >= 15 is 0 Å². The van der Waals surface area contributed by atoms with Crippen molar-refractivity contribution < 1.29 is 0 Å². The summed E-state index contributed by atoms with van der Waals surface area (Å²) >= 11 is 0. The molecule has 0 aliphatic carbocycles. The van der Waals surface area contributed by atoms with Crippen molar-refractivity contribution in [2.75, 3.05) is 0 Å². The number of hydrogen-bond donors (Lipinski definition) is 1. The van der Waals surface area contributed by atoms with E-state index < -0.39 is 0 Å². The molecule has 15 heavy (non-hydrogen) atoms. The van der Waals surface area contributed by atoms with E-state index in [1.54, 1.807) is 17.1 Å². The van der Waals surface area contributed by atoms with Crippen LogP contribution in [0.15, 0.2) is 53.8 Å². The zero-order valence-corrected chi connectivity index (χ0v) is 8.24. The van der Waals surface area contributed by atoms with Gasteiger partial charge in [0.2, 0.25) is 5.96 Å². The second-order valence-corrected chi connectivity index (χ2v) is 3.11. The van der Waals surface area contributed by atoms with Gasteiger partial charge >= 0.3 is 0 Å². The van der Waals surface area contributed by atoms with Gasteiger partial charge in [-0.15, -0.1) is 0 Å². The molecule has 0 aliphatic rings. The van der Waals surface area contributed by atoms with Crippen LogP contribution in [0.1, 0.15) is 5.56 Å². The number of aliphatic imine (C=N–C) groups is 1. The molecule has 0 saturated carbocycles. The van der Waals surface area contributed by atoms with Gasteiger partial charge in [0.15, 0.2) is 0 Å². The minimum atomic E-state index is 0.406. The van der Waals surface area contributed by atoms with Crippen molar-refractivity contribution in [3.63, 3.8) is 0 Å². The Morgan fingerprint density at radius 1 is 1.27 bits per heavy atom. The number of hydrogen-bond acceptors (Lipinski definition) is 2. The van der Waals surface area contributed by atoms with Gasteiger partial charge in [-0.05, 0) is 11.6 Å². The molecule has 0 fully saturated rings. The lowest BCUT2D eigenvalue weighted by Crippen LogP contribution is -2.22. The molecule has 0 amide bonds. The van der Waals surface area contributed by atoms with Crippen molar-refractivity contribution in [3.05, 3.63) is 54.4 Å². The average Bonchev–Trinajstić information content (AvgIpc) is 2.81. The first kappa shape index (κ1) is 9.45. The average molecular weight is 200 g/mol. The topological polar surface area (TPSA) is 56.2 Å². The fraction of sp³-hybridized carbons (Fsp3) is 0.0909. The van der Waals surface area contributed by atoms with Crippen LogP contribution in [0.4, 0.5) is 0 Å². The predicted octanol–water partition coefficient (Wildman–Crippen LogP) is 1.25. The normalized spacial score (nSPS) is 11.6. The van der Waals surface area contributed by atoms with E-state index in [1.807, 2.05) is 36.4 Å². The standard InChI is InChI=1S/C11H12N4/c12-11(15-8-4-7-14-15)13-9-10-5-2-1-3-6-10/h1-8H,9H2,(H2,12,13). The summed E-state index contributed by atoms with van der Waals surface area (Å²) < 4.78 is 1.54. The summed E-state index contributed by atoms with van der Waals surface area (Å²) in [5.41, 5.74) is 6.87. The summed E-state index contributed by atoms with van der Waals surface area (Å²) in [6.45, 7) is 0.576. The zero-order chi connectivity index (χ0) is 10.5. The summed E-state index contributed by atoms with van der Waals surface area (Å²) in [6.07, 6.45) is 3.44. The van der Waals surface area contributed by atoms with Gasteiger partial charge in [-0.2, -0.15) is 5.10 Å². The van der Waals surface area contributed by atoms with E-state index in [-0.39, 0.29) is 0 Å². The van der Waals surface area contributed by atoms with E-state index in [0.717, 1.165) is 5.56 Å². The zero-order valence-electron chi connectivity index (χ0n) is 8.24. The maximum atomic E-state index is 5.74. The Hall–Kier alpha value is -2.10. The number of rotatable bonds is 2. The molecule has 1 heterocycles. The molecule has 4 nitrogen and oxygen atoms in total. The minimum absolute atomic E-state index is 0.406. The van der Waals surface area contributed by atoms with Crippen molar-refractivity contribution >= 4 is 5.96 Å². The van der Waals surface area contributed by atoms with Crippen LogP contribution in [0.2, 0.25) is 0 Å². The van der Waals surface area contributed by atoms with E-state index in [1.165, 1.54) is 0 Å². The first-order valence-electron chi connectivity index (χ1n) is 4.70. The van der Waals surface area contributed by atoms with E-state index in [2.05, 4.69) is 10.1 Å². The quantitative estimate of drug-likeness (QED) is 0.586. The summed E-state index contributed by atoms with van der Waals surface area (Å²) in [7, 11) is 0. The van der Waals surface area contributed by atoms with Crippen LogP contribution in [-0.4, -0.2) is 15.7 Å². The van der Waals surface area contributed by atoms with Gasteiger partial charge in [-0.1, -0.05) is 30.3 Å². The molecule has 2 aromatic rings. The lowest BCUT2D eigenvalue weighted by molar-refractivity contribution is 0.896. The molecular weight excluding hydrogens is 188 g/mol. The Bertz CT molecular complexity index is 431. The molecule has 2 rings (SSSR count). The van der Waals surface area contributed by atoms with Gasteiger partial charge in [-0.25, -0.2) is 9.67 Å². The van der Waals surface area contributed by atoms with E-state index in [4.69, 9.17) is 5.73 Å². The molecular formula is C11H12N4. The molecule has 4 heteroatoms. The second kappa shape index (κ2) is 4.41. The molecule has 76 valence electrons. The van der Waals surface area contributed by atoms with E-state index in [9.17, 15) is 0 Å². The van der Waals surface area contributed by atoms with Gasteiger partial charge in [0, 0.05) is 12.4 Å². The third-order valence-electron chi connectivity index (χ3n) is 2.01. The SMILES string of the molecule is NC(=NCc1ccccc1)n1cccn1. The fourth-order valence-electron chi connectivity index (χ4n) is 1.23. The highest BCUT2D eigenvalue weighted by Crippen LogP contribution is 1.99. The first-order chi connectivity index (χ1) is 7.36. The van der Waals surface area contributed by atoms with Gasteiger partial charge < -0.3 is 5.73 Å². The molecule has 1 aromatic carbocycles. The largest absolute Gasteiger partial charge is 0.368 e. The number of nitrogens with two attached hydrogens (primary N) is 1. The van der Waals surface area contributed by atoms with Crippen LogP contribution in [0, 0.1) is 0 Å². The van der Waals surface area contributed by atoms with Crippen LogP contribution in [-0.2, 0) is 6.54 Å². The van der Waals surface area contributed by atoms with Gasteiger partial charge in [0.1, 0.15) is 0 Å². The highest BCUT2D eigenvalue weighted by atomic mass is 15.3. The Balaban J connectivity index is 2.06. The Labute approximate surface area is 88.1 Å². The summed E-state index contributed by atoms with van der Waals surface area (Å²) in [5.74, 6) is 0.406. The summed E-state index contributed by atoms with van der Waals surface area (Å²) in [6, 6.07) is 11.8. The predicted molar refractivity (Wildman–Crippen MR) is 59.4 cm³/mol. The monoisotopic (exact) mass is 200 g/mol. The minimum Gasteiger partial charge on any atom is -0.368 e. The third-order valence-corrected chi connectivity index (χ3v) is 2.01. The van der Waals surface area contributed by atoms with Crippen LogP contribution in [0.25, 0.3) is 0 Å². The van der Waals surface area contributed by atoms with Crippen LogP contribution in [0.5, 0.6) is 0 Å². The smallest absolute Gasteiger partial charge is 0.216 e.